The van der Waals surface area contributed by atoms with Gasteiger partial charge in [-0.3, -0.25) is 0 Å². The number of benzene rings is 1. The van der Waals surface area contributed by atoms with Crippen LogP contribution in [0, 0.1) is 5.92 Å². The molecule has 4 nitrogen and oxygen atoms in total. The van der Waals surface area contributed by atoms with E-state index in [-0.39, 0.29) is 0 Å². The van der Waals surface area contributed by atoms with Gasteiger partial charge in [-0.25, -0.2) is 4.79 Å². The highest BCUT2D eigenvalue weighted by Crippen LogP contribution is 2.30. The molecule has 1 aromatic carbocycles. The van der Waals surface area contributed by atoms with Crippen molar-refractivity contribution >= 4 is 17.3 Å². The van der Waals surface area contributed by atoms with Crippen LogP contribution in [-0.4, -0.2) is 24.2 Å². The molecule has 0 spiro atoms. The molecule has 0 radical (unpaired) electrons. The Hall–Kier alpha value is -1.71. The zero-order valence-corrected chi connectivity index (χ0v) is 10.7. The fraction of sp³-hybridized carbons (Fsp3) is 0.500. The number of carboxylic acids is 1. The molecule has 0 aromatic heterocycles. The molecule has 1 unspecified atom stereocenters. The second-order valence-corrected chi connectivity index (χ2v) is 5.07. The van der Waals surface area contributed by atoms with Gasteiger partial charge in [0.15, 0.2) is 0 Å². The number of anilines is 2. The van der Waals surface area contributed by atoms with Gasteiger partial charge in [0.05, 0.1) is 16.9 Å². The summed E-state index contributed by atoms with van der Waals surface area (Å²) < 4.78 is 0. The minimum absolute atomic E-state index is 0.310. The molecule has 0 saturated carbocycles. The molecule has 1 heterocycles. The molecule has 0 aliphatic carbocycles. The van der Waals surface area contributed by atoms with Gasteiger partial charge in [-0.15, -0.1) is 0 Å². The Morgan fingerprint density at radius 2 is 2.17 bits per heavy atom. The van der Waals surface area contributed by atoms with Crippen molar-refractivity contribution in [2.75, 3.05) is 23.7 Å². The van der Waals surface area contributed by atoms with Gasteiger partial charge in [0.25, 0.3) is 0 Å². The highest BCUT2D eigenvalue weighted by atomic mass is 16.4. The van der Waals surface area contributed by atoms with Crippen LogP contribution in [0.2, 0.25) is 0 Å². The van der Waals surface area contributed by atoms with Crippen LogP contribution in [0.3, 0.4) is 0 Å². The number of para-hydroxylation sites is 1. The number of hydrogen-bond acceptors (Lipinski definition) is 3. The average Bonchev–Trinajstić information content (AvgIpc) is 2.53. The minimum Gasteiger partial charge on any atom is -0.478 e. The van der Waals surface area contributed by atoms with Gasteiger partial charge < -0.3 is 15.7 Å². The highest BCUT2D eigenvalue weighted by molar-refractivity contribution is 5.98. The van der Waals surface area contributed by atoms with Gasteiger partial charge in [0.2, 0.25) is 0 Å². The first-order valence-corrected chi connectivity index (χ1v) is 6.46. The molecule has 2 rings (SSSR count). The van der Waals surface area contributed by atoms with Crippen molar-refractivity contribution in [2.24, 2.45) is 5.92 Å². The Labute approximate surface area is 107 Å². The van der Waals surface area contributed by atoms with E-state index >= 15 is 0 Å². The molecular weight excluding hydrogens is 228 g/mol. The Kier molecular flexibility index (Phi) is 3.75. The summed E-state index contributed by atoms with van der Waals surface area (Å²) in [5, 5.41) is 9.26. The second kappa shape index (κ2) is 5.29. The number of carbonyl (C=O) groups is 1. The fourth-order valence-corrected chi connectivity index (χ4v) is 2.57. The van der Waals surface area contributed by atoms with E-state index in [0.717, 1.165) is 25.9 Å². The van der Waals surface area contributed by atoms with E-state index in [4.69, 9.17) is 5.73 Å². The van der Waals surface area contributed by atoms with Crippen LogP contribution >= 0.6 is 0 Å². The molecule has 4 heteroatoms. The largest absolute Gasteiger partial charge is 0.478 e. The number of aromatic carboxylic acids is 1. The summed E-state index contributed by atoms with van der Waals surface area (Å²) >= 11 is 0. The number of nitrogens with zero attached hydrogens (tertiary/aromatic N) is 1. The maximum absolute atomic E-state index is 11.3. The van der Waals surface area contributed by atoms with Crippen LogP contribution in [0.5, 0.6) is 0 Å². The standard InChI is InChI=1S/C14H20N2O2/c1-10-4-3-8-16(9-7-10)13-11(14(17)18)5-2-6-12(13)15/h2,5-6,10H,3-4,7-9,15H2,1H3,(H,17,18). The van der Waals surface area contributed by atoms with Crippen molar-refractivity contribution in [3.05, 3.63) is 23.8 Å². The van der Waals surface area contributed by atoms with Gasteiger partial charge >= 0.3 is 5.97 Å². The van der Waals surface area contributed by atoms with E-state index in [0.29, 0.717) is 22.9 Å². The topological polar surface area (TPSA) is 66.6 Å². The van der Waals surface area contributed by atoms with E-state index in [1.165, 1.54) is 6.42 Å². The summed E-state index contributed by atoms with van der Waals surface area (Å²) in [4.78, 5) is 13.4. The lowest BCUT2D eigenvalue weighted by molar-refractivity contribution is 0.0697. The molecule has 0 bridgehead atoms. The third-order valence-corrected chi connectivity index (χ3v) is 3.63. The van der Waals surface area contributed by atoms with Crippen LogP contribution < -0.4 is 10.6 Å². The summed E-state index contributed by atoms with van der Waals surface area (Å²) in [6.07, 6.45) is 3.38. The lowest BCUT2D eigenvalue weighted by atomic mass is 10.0. The zero-order valence-electron chi connectivity index (χ0n) is 10.7. The number of carboxylic acid groups (broad SMARTS) is 1. The summed E-state index contributed by atoms with van der Waals surface area (Å²) in [6, 6.07) is 5.10. The first-order valence-electron chi connectivity index (χ1n) is 6.46. The van der Waals surface area contributed by atoms with Crippen LogP contribution in [0.15, 0.2) is 18.2 Å². The fourth-order valence-electron chi connectivity index (χ4n) is 2.57. The van der Waals surface area contributed by atoms with Crippen molar-refractivity contribution < 1.29 is 9.90 Å². The Balaban J connectivity index is 2.34. The molecule has 18 heavy (non-hydrogen) atoms. The SMILES string of the molecule is CC1CCCN(c2c(N)cccc2C(=O)O)CC1. The normalized spacial score (nSPS) is 20.5. The monoisotopic (exact) mass is 248 g/mol. The molecule has 1 atom stereocenters. The summed E-state index contributed by atoms with van der Waals surface area (Å²) in [6.45, 7) is 4.02. The van der Waals surface area contributed by atoms with E-state index < -0.39 is 5.97 Å². The summed E-state index contributed by atoms with van der Waals surface area (Å²) in [5.74, 6) is -0.206. The summed E-state index contributed by atoms with van der Waals surface area (Å²) in [5.41, 5.74) is 7.53. The van der Waals surface area contributed by atoms with Crippen LogP contribution in [0.4, 0.5) is 11.4 Å². The average molecular weight is 248 g/mol. The molecule has 1 saturated heterocycles. The lowest BCUT2D eigenvalue weighted by Crippen LogP contribution is -2.27. The van der Waals surface area contributed by atoms with Crippen LogP contribution in [0.1, 0.15) is 36.5 Å². The molecule has 3 N–H and O–H groups in total. The van der Waals surface area contributed by atoms with Gasteiger partial charge in [-0.1, -0.05) is 13.0 Å². The third-order valence-electron chi connectivity index (χ3n) is 3.63. The summed E-state index contributed by atoms with van der Waals surface area (Å²) in [7, 11) is 0. The van der Waals surface area contributed by atoms with Gasteiger partial charge in [-0.05, 0) is 37.3 Å². The maximum Gasteiger partial charge on any atom is 0.337 e. The van der Waals surface area contributed by atoms with Crippen molar-refractivity contribution in [1.29, 1.82) is 0 Å². The lowest BCUT2D eigenvalue weighted by Gasteiger charge is -2.26. The first-order chi connectivity index (χ1) is 8.59. The Morgan fingerprint density at radius 1 is 1.39 bits per heavy atom. The number of hydrogen-bond donors (Lipinski definition) is 2. The molecule has 1 aliphatic rings. The first kappa shape index (κ1) is 12.7. The minimum atomic E-state index is -0.908. The van der Waals surface area contributed by atoms with Gasteiger partial charge in [0, 0.05) is 13.1 Å². The van der Waals surface area contributed by atoms with E-state index in [9.17, 15) is 9.90 Å². The number of rotatable bonds is 2. The number of nitrogen functional groups attached to an aromatic ring is 1. The highest BCUT2D eigenvalue weighted by Gasteiger charge is 2.21. The second-order valence-electron chi connectivity index (χ2n) is 5.07. The molecule has 1 aliphatic heterocycles. The zero-order chi connectivity index (χ0) is 13.1. The predicted octanol–water partition coefficient (Wildman–Crippen LogP) is 2.59. The quantitative estimate of drug-likeness (QED) is 0.789. The molecule has 0 amide bonds. The van der Waals surface area contributed by atoms with E-state index in [2.05, 4.69) is 11.8 Å². The van der Waals surface area contributed by atoms with Crippen molar-refractivity contribution in [1.82, 2.24) is 0 Å². The Morgan fingerprint density at radius 3 is 2.89 bits per heavy atom. The molecular formula is C14H20N2O2. The van der Waals surface area contributed by atoms with E-state index in [1.54, 1.807) is 18.2 Å². The van der Waals surface area contributed by atoms with E-state index in [1.807, 2.05) is 0 Å². The van der Waals surface area contributed by atoms with Crippen molar-refractivity contribution in [2.45, 2.75) is 26.2 Å². The van der Waals surface area contributed by atoms with Gasteiger partial charge in [0.1, 0.15) is 0 Å². The molecule has 1 fully saturated rings. The Bertz CT molecular complexity index is 445. The maximum atomic E-state index is 11.3. The smallest absolute Gasteiger partial charge is 0.337 e. The third kappa shape index (κ3) is 2.58. The van der Waals surface area contributed by atoms with Crippen LogP contribution in [0.25, 0.3) is 0 Å². The molecule has 1 aromatic rings. The van der Waals surface area contributed by atoms with Crippen molar-refractivity contribution in [3.63, 3.8) is 0 Å². The van der Waals surface area contributed by atoms with Crippen LogP contribution in [-0.2, 0) is 0 Å². The van der Waals surface area contributed by atoms with Crippen molar-refractivity contribution in [3.8, 4) is 0 Å². The van der Waals surface area contributed by atoms with Gasteiger partial charge in [-0.2, -0.15) is 0 Å². The molecule has 98 valence electrons. The predicted molar refractivity (Wildman–Crippen MR) is 73.0 cm³/mol. The number of nitrogens with two attached hydrogens (primary N) is 1.